The van der Waals surface area contributed by atoms with Crippen molar-refractivity contribution < 1.29 is 24.2 Å². The minimum atomic E-state index is -1.04. The SMILES string of the molecule is O=C(CCSc1ccc2c(c1)OCCO2)N[C@H](Cc1ccccc1)C(=O)O. The quantitative estimate of drug-likeness (QED) is 0.678. The molecule has 2 N–H and O–H groups in total. The molecule has 6 nitrogen and oxygen atoms in total. The lowest BCUT2D eigenvalue weighted by Gasteiger charge is -2.18. The number of rotatable bonds is 8. The highest BCUT2D eigenvalue weighted by Gasteiger charge is 2.20. The summed E-state index contributed by atoms with van der Waals surface area (Å²) in [4.78, 5) is 24.5. The number of carbonyl (C=O) groups is 2. The fourth-order valence-corrected chi connectivity index (χ4v) is 3.57. The Kier molecular flexibility index (Phi) is 6.59. The maximum absolute atomic E-state index is 12.1. The molecule has 1 heterocycles. The zero-order valence-corrected chi connectivity index (χ0v) is 15.5. The van der Waals surface area contributed by atoms with E-state index < -0.39 is 12.0 Å². The molecule has 7 heteroatoms. The third-order valence-electron chi connectivity index (χ3n) is 4.03. The first-order valence-electron chi connectivity index (χ1n) is 8.70. The van der Waals surface area contributed by atoms with Crippen molar-refractivity contribution in [3.05, 3.63) is 54.1 Å². The molecule has 142 valence electrons. The van der Waals surface area contributed by atoms with Gasteiger partial charge in [0.15, 0.2) is 11.5 Å². The fraction of sp³-hybridized carbons (Fsp3) is 0.300. The molecule has 0 aromatic heterocycles. The van der Waals surface area contributed by atoms with Crippen LogP contribution in [0.25, 0.3) is 0 Å². The Bertz CT molecular complexity index is 796. The van der Waals surface area contributed by atoms with Crippen molar-refractivity contribution in [1.29, 1.82) is 0 Å². The number of carboxylic acids is 1. The van der Waals surface area contributed by atoms with Gasteiger partial charge in [-0.05, 0) is 23.8 Å². The topological polar surface area (TPSA) is 84.9 Å². The van der Waals surface area contributed by atoms with Crippen LogP contribution < -0.4 is 14.8 Å². The second-order valence-corrected chi connectivity index (χ2v) is 7.22. The van der Waals surface area contributed by atoms with Crippen LogP contribution >= 0.6 is 11.8 Å². The monoisotopic (exact) mass is 387 g/mol. The van der Waals surface area contributed by atoms with Crippen LogP contribution in [-0.4, -0.2) is 42.0 Å². The van der Waals surface area contributed by atoms with Crippen LogP contribution in [-0.2, 0) is 16.0 Å². The van der Waals surface area contributed by atoms with Crippen molar-refractivity contribution in [2.24, 2.45) is 0 Å². The van der Waals surface area contributed by atoms with E-state index in [0.717, 1.165) is 16.2 Å². The first-order valence-corrected chi connectivity index (χ1v) is 9.69. The number of nitrogens with one attached hydrogen (secondary N) is 1. The maximum atomic E-state index is 12.1. The van der Waals surface area contributed by atoms with Crippen LogP contribution in [0.5, 0.6) is 11.5 Å². The molecule has 2 aromatic rings. The van der Waals surface area contributed by atoms with Crippen LogP contribution in [0, 0.1) is 0 Å². The first-order chi connectivity index (χ1) is 13.1. The molecule has 0 radical (unpaired) electrons. The van der Waals surface area contributed by atoms with Gasteiger partial charge in [0, 0.05) is 23.5 Å². The van der Waals surface area contributed by atoms with Gasteiger partial charge in [-0.15, -0.1) is 11.8 Å². The maximum Gasteiger partial charge on any atom is 0.326 e. The highest BCUT2D eigenvalue weighted by Crippen LogP contribution is 2.34. The summed E-state index contributed by atoms with van der Waals surface area (Å²) in [6, 6.07) is 14.0. The van der Waals surface area contributed by atoms with Crippen LogP contribution in [0.1, 0.15) is 12.0 Å². The standard InChI is InChI=1S/C20H21NO5S/c22-19(21-16(20(23)24)12-14-4-2-1-3-5-14)8-11-27-15-6-7-17-18(13-15)26-10-9-25-17/h1-7,13,16H,8-12H2,(H,21,22)(H,23,24)/t16-/m1/s1. The number of thioether (sulfide) groups is 1. The number of benzene rings is 2. The lowest BCUT2D eigenvalue weighted by molar-refractivity contribution is -0.141. The molecule has 3 rings (SSSR count). The molecule has 1 aliphatic heterocycles. The van der Waals surface area contributed by atoms with E-state index >= 15 is 0 Å². The summed E-state index contributed by atoms with van der Waals surface area (Å²) in [5.74, 6) is 0.677. The Hall–Kier alpha value is -2.67. The largest absolute Gasteiger partial charge is 0.486 e. The van der Waals surface area contributed by atoms with Crippen LogP contribution in [0.2, 0.25) is 0 Å². The Balaban J connectivity index is 1.47. The normalized spacial score (nSPS) is 13.6. The van der Waals surface area contributed by atoms with E-state index in [0.29, 0.717) is 24.7 Å². The Morgan fingerprint density at radius 2 is 1.81 bits per heavy atom. The number of carbonyl (C=O) groups excluding carboxylic acids is 1. The Labute approximate surface area is 161 Å². The molecular weight excluding hydrogens is 366 g/mol. The molecule has 0 bridgehead atoms. The van der Waals surface area contributed by atoms with Gasteiger partial charge in [0.1, 0.15) is 19.3 Å². The molecule has 1 amide bonds. The van der Waals surface area contributed by atoms with Crippen molar-refractivity contribution in [2.45, 2.75) is 23.8 Å². The zero-order chi connectivity index (χ0) is 19.1. The van der Waals surface area contributed by atoms with E-state index in [9.17, 15) is 14.7 Å². The highest BCUT2D eigenvalue weighted by atomic mass is 32.2. The number of aliphatic carboxylic acids is 1. The predicted molar refractivity (Wildman–Crippen MR) is 102 cm³/mol. The second kappa shape index (κ2) is 9.32. The molecule has 1 aliphatic rings. The van der Waals surface area contributed by atoms with Crippen molar-refractivity contribution in [3.8, 4) is 11.5 Å². The van der Waals surface area contributed by atoms with Crippen molar-refractivity contribution >= 4 is 23.6 Å². The minimum absolute atomic E-state index is 0.234. The summed E-state index contributed by atoms with van der Waals surface area (Å²) >= 11 is 1.52. The number of hydrogen-bond donors (Lipinski definition) is 2. The smallest absolute Gasteiger partial charge is 0.326 e. The number of carboxylic acid groups (broad SMARTS) is 1. The lowest BCUT2D eigenvalue weighted by Crippen LogP contribution is -2.42. The van der Waals surface area contributed by atoms with E-state index in [1.807, 2.05) is 48.5 Å². The van der Waals surface area contributed by atoms with E-state index in [1.165, 1.54) is 11.8 Å². The zero-order valence-electron chi connectivity index (χ0n) is 14.7. The minimum Gasteiger partial charge on any atom is -0.486 e. The molecule has 1 atom stereocenters. The van der Waals surface area contributed by atoms with Gasteiger partial charge >= 0.3 is 5.97 Å². The van der Waals surface area contributed by atoms with Crippen LogP contribution in [0.3, 0.4) is 0 Å². The van der Waals surface area contributed by atoms with E-state index in [2.05, 4.69) is 5.32 Å². The third kappa shape index (κ3) is 5.65. The van der Waals surface area contributed by atoms with Crippen molar-refractivity contribution in [1.82, 2.24) is 5.32 Å². The molecular formula is C20H21NO5S. The summed E-state index contributed by atoms with van der Waals surface area (Å²) in [5, 5.41) is 12.0. The molecule has 27 heavy (non-hydrogen) atoms. The third-order valence-corrected chi connectivity index (χ3v) is 5.02. The summed E-state index contributed by atoms with van der Waals surface area (Å²) in [6.45, 7) is 1.08. The average Bonchev–Trinajstić information content (AvgIpc) is 2.68. The second-order valence-electron chi connectivity index (χ2n) is 6.05. The average molecular weight is 387 g/mol. The van der Waals surface area contributed by atoms with Gasteiger partial charge in [-0.2, -0.15) is 0 Å². The number of fused-ring (bicyclic) bond motifs is 1. The predicted octanol–water partition coefficient (Wildman–Crippen LogP) is 2.75. The van der Waals surface area contributed by atoms with E-state index in [-0.39, 0.29) is 18.7 Å². The van der Waals surface area contributed by atoms with Gasteiger partial charge in [0.2, 0.25) is 5.91 Å². The van der Waals surface area contributed by atoms with Crippen LogP contribution in [0.15, 0.2) is 53.4 Å². The Morgan fingerprint density at radius 1 is 1.07 bits per heavy atom. The summed E-state index contributed by atoms with van der Waals surface area (Å²) in [6.07, 6.45) is 0.495. The first kappa shape index (κ1) is 19.1. The lowest BCUT2D eigenvalue weighted by atomic mass is 10.1. The molecule has 0 saturated heterocycles. The number of ether oxygens (including phenoxy) is 2. The van der Waals surface area contributed by atoms with Gasteiger partial charge < -0.3 is 19.9 Å². The van der Waals surface area contributed by atoms with Gasteiger partial charge in [-0.25, -0.2) is 4.79 Å². The molecule has 0 spiro atoms. The fourth-order valence-electron chi connectivity index (χ4n) is 2.69. The van der Waals surface area contributed by atoms with Gasteiger partial charge in [0.25, 0.3) is 0 Å². The summed E-state index contributed by atoms with van der Waals surface area (Å²) < 4.78 is 11.0. The summed E-state index contributed by atoms with van der Waals surface area (Å²) in [7, 11) is 0. The molecule has 0 aliphatic carbocycles. The molecule has 2 aromatic carbocycles. The van der Waals surface area contributed by atoms with Gasteiger partial charge in [-0.1, -0.05) is 30.3 Å². The van der Waals surface area contributed by atoms with E-state index in [1.54, 1.807) is 0 Å². The molecule has 0 fully saturated rings. The summed E-state index contributed by atoms with van der Waals surface area (Å²) in [5.41, 5.74) is 0.871. The van der Waals surface area contributed by atoms with Crippen molar-refractivity contribution in [2.75, 3.05) is 19.0 Å². The van der Waals surface area contributed by atoms with Gasteiger partial charge in [-0.3, -0.25) is 4.79 Å². The molecule has 0 saturated carbocycles. The molecule has 0 unspecified atom stereocenters. The number of amides is 1. The van der Waals surface area contributed by atoms with E-state index in [4.69, 9.17) is 9.47 Å². The number of hydrogen-bond acceptors (Lipinski definition) is 5. The van der Waals surface area contributed by atoms with Gasteiger partial charge in [0.05, 0.1) is 0 Å². The highest BCUT2D eigenvalue weighted by molar-refractivity contribution is 7.99. The van der Waals surface area contributed by atoms with Crippen molar-refractivity contribution in [3.63, 3.8) is 0 Å². The Morgan fingerprint density at radius 3 is 2.56 bits per heavy atom. The van der Waals surface area contributed by atoms with Crippen LogP contribution in [0.4, 0.5) is 0 Å².